The maximum Gasteiger partial charge on any atom is 0.303 e. The van der Waals surface area contributed by atoms with Crippen molar-refractivity contribution in [2.45, 2.75) is 96.7 Å². The van der Waals surface area contributed by atoms with Gasteiger partial charge in [-0.2, -0.15) is 0 Å². The first kappa shape index (κ1) is 29.4. The molecule has 0 spiro atoms. The molecule has 36 heavy (non-hydrogen) atoms. The second-order valence-electron chi connectivity index (χ2n) is 8.31. The van der Waals surface area contributed by atoms with Gasteiger partial charge in [0.2, 0.25) is 0 Å². The average Bonchev–Trinajstić information content (AvgIpc) is 2.73. The number of hydrogen-bond donors (Lipinski definition) is 1. The third-order valence-electron chi connectivity index (χ3n) is 5.09. The number of rotatable bonds is 9. The zero-order chi connectivity index (χ0) is 27.0. The van der Waals surface area contributed by atoms with E-state index >= 15 is 0 Å². The Balaban J connectivity index is 2.33. The van der Waals surface area contributed by atoms with Gasteiger partial charge in [-0.25, -0.2) is 0 Å². The van der Waals surface area contributed by atoms with Gasteiger partial charge >= 0.3 is 29.8 Å². The van der Waals surface area contributed by atoms with Crippen molar-refractivity contribution in [3.63, 3.8) is 0 Å². The Kier molecular flexibility index (Phi) is 11.0. The molecule has 1 N–H and O–H groups in total. The molecule has 2 heterocycles. The van der Waals surface area contributed by atoms with Crippen molar-refractivity contribution in [2.75, 3.05) is 13.2 Å². The molecule has 0 aromatic heterocycles. The van der Waals surface area contributed by atoms with E-state index in [1.54, 1.807) is 0 Å². The Labute approximate surface area is 207 Å². The predicted molar refractivity (Wildman–Crippen MR) is 114 cm³/mol. The molecule has 2 aliphatic heterocycles. The molecule has 2 fully saturated rings. The van der Waals surface area contributed by atoms with E-state index in [0.717, 1.165) is 27.7 Å². The molecule has 0 aromatic rings. The Morgan fingerprint density at radius 3 is 1.78 bits per heavy atom. The summed E-state index contributed by atoms with van der Waals surface area (Å²) in [5.41, 5.74) is 0. The lowest BCUT2D eigenvalue weighted by Crippen LogP contribution is -2.63. The van der Waals surface area contributed by atoms with E-state index < -0.39 is 85.7 Å². The highest BCUT2D eigenvalue weighted by Gasteiger charge is 2.53. The van der Waals surface area contributed by atoms with Crippen LogP contribution in [0.2, 0.25) is 0 Å². The molecule has 0 aliphatic carbocycles. The molecule has 2 aliphatic rings. The molecule has 2 rings (SSSR count). The first-order valence-corrected chi connectivity index (χ1v) is 11.3. The van der Waals surface area contributed by atoms with Crippen LogP contribution in [0.1, 0.15) is 47.5 Å². The lowest BCUT2D eigenvalue weighted by Gasteiger charge is -2.45. The minimum absolute atomic E-state index is 0.0105. The molecule has 0 bridgehead atoms. The van der Waals surface area contributed by atoms with Crippen LogP contribution in [0.5, 0.6) is 0 Å². The van der Waals surface area contributed by atoms with Gasteiger partial charge < -0.3 is 43.0 Å². The molecule has 0 saturated carbocycles. The fraction of sp³-hybridized carbons (Fsp3) is 0.773. The predicted octanol–water partition coefficient (Wildman–Crippen LogP) is -0.485. The Morgan fingerprint density at radius 1 is 0.694 bits per heavy atom. The molecule has 0 amide bonds. The molecule has 14 heteroatoms. The van der Waals surface area contributed by atoms with Crippen LogP contribution >= 0.6 is 0 Å². The fourth-order valence-electron chi connectivity index (χ4n) is 3.86. The molecule has 2 saturated heterocycles. The van der Waals surface area contributed by atoms with Crippen molar-refractivity contribution < 1.29 is 67.0 Å². The molecule has 0 radical (unpaired) electrons. The second kappa shape index (κ2) is 13.5. The van der Waals surface area contributed by atoms with Crippen LogP contribution in [-0.2, 0) is 61.9 Å². The Bertz CT molecular complexity index is 813. The van der Waals surface area contributed by atoms with Crippen molar-refractivity contribution in [3.8, 4) is 0 Å². The SMILES string of the molecule is CC(=O)OC[C@H]1C[C@H](O[C@@H]2O[C@H](COC(C)=O)[C@@H](OC(C)=O)[C@H](OC(C)=O)[C@H]2OC(C)=O)C[C@H](O)O1. The molecular formula is C22H32O14. The van der Waals surface area contributed by atoms with Crippen molar-refractivity contribution >= 4 is 29.8 Å². The highest BCUT2D eigenvalue weighted by molar-refractivity contribution is 5.68. The van der Waals surface area contributed by atoms with Crippen LogP contribution < -0.4 is 0 Å². The van der Waals surface area contributed by atoms with Gasteiger partial charge in [0.15, 0.2) is 30.9 Å². The van der Waals surface area contributed by atoms with Gasteiger partial charge in [-0.05, 0) is 0 Å². The Morgan fingerprint density at radius 2 is 1.22 bits per heavy atom. The third kappa shape index (κ3) is 9.33. The van der Waals surface area contributed by atoms with Crippen LogP contribution in [0.15, 0.2) is 0 Å². The van der Waals surface area contributed by atoms with Gasteiger partial charge in [-0.15, -0.1) is 0 Å². The summed E-state index contributed by atoms with van der Waals surface area (Å²) >= 11 is 0. The van der Waals surface area contributed by atoms with E-state index in [1.165, 1.54) is 6.92 Å². The van der Waals surface area contributed by atoms with Gasteiger partial charge in [0, 0.05) is 47.5 Å². The highest BCUT2D eigenvalue weighted by atomic mass is 16.7. The number of carbonyl (C=O) groups excluding carboxylic acids is 5. The van der Waals surface area contributed by atoms with E-state index in [-0.39, 0.29) is 19.4 Å². The highest BCUT2D eigenvalue weighted by Crippen LogP contribution is 2.32. The zero-order valence-electron chi connectivity index (χ0n) is 20.7. The minimum atomic E-state index is -1.39. The summed E-state index contributed by atoms with van der Waals surface area (Å²) in [6.07, 6.45) is -9.19. The number of aliphatic hydroxyl groups excluding tert-OH is 1. The maximum atomic E-state index is 11.9. The summed E-state index contributed by atoms with van der Waals surface area (Å²) in [7, 11) is 0. The van der Waals surface area contributed by atoms with Gasteiger partial charge in [-0.1, -0.05) is 0 Å². The lowest BCUT2D eigenvalue weighted by molar-refractivity contribution is -0.327. The largest absolute Gasteiger partial charge is 0.463 e. The smallest absolute Gasteiger partial charge is 0.303 e. The standard InChI is InChI=1S/C22H32O14/c1-10(23)29-8-16-6-15(7-18(28)34-16)35-22-21(33-14(5)27)20(32-13(4)26)19(31-12(3)25)17(36-22)9-30-11(2)24/h15-22,28H,6-9H2,1-5H3/t15-,16+,17+,18+,19+,20-,21+,22+/m0/s1. The monoisotopic (exact) mass is 520 g/mol. The quantitative estimate of drug-likeness (QED) is 0.304. The number of hydrogen-bond acceptors (Lipinski definition) is 14. The summed E-state index contributed by atoms with van der Waals surface area (Å²) in [4.78, 5) is 58.1. The van der Waals surface area contributed by atoms with Crippen LogP contribution in [-0.4, -0.2) is 97.4 Å². The first-order valence-electron chi connectivity index (χ1n) is 11.3. The number of aliphatic hydroxyl groups is 1. The van der Waals surface area contributed by atoms with Gasteiger partial charge in [-0.3, -0.25) is 24.0 Å². The summed E-state index contributed by atoms with van der Waals surface area (Å²) in [5, 5.41) is 10.1. The molecule has 0 unspecified atom stereocenters. The fourth-order valence-corrected chi connectivity index (χ4v) is 3.86. The summed E-state index contributed by atoms with van der Waals surface area (Å²) in [6, 6.07) is 0. The molecular weight excluding hydrogens is 488 g/mol. The maximum absolute atomic E-state index is 11.9. The number of ether oxygens (including phenoxy) is 8. The van der Waals surface area contributed by atoms with E-state index in [9.17, 15) is 29.1 Å². The van der Waals surface area contributed by atoms with E-state index in [4.69, 9.17) is 37.9 Å². The van der Waals surface area contributed by atoms with Crippen molar-refractivity contribution in [2.24, 2.45) is 0 Å². The molecule has 14 nitrogen and oxygen atoms in total. The lowest BCUT2D eigenvalue weighted by atomic mass is 9.97. The van der Waals surface area contributed by atoms with Crippen LogP contribution in [0.3, 0.4) is 0 Å². The van der Waals surface area contributed by atoms with Gasteiger partial charge in [0.05, 0.1) is 12.2 Å². The number of carbonyl (C=O) groups is 5. The summed E-state index contributed by atoms with van der Waals surface area (Å²) in [6.45, 7) is 5.19. The van der Waals surface area contributed by atoms with Crippen molar-refractivity contribution in [1.29, 1.82) is 0 Å². The zero-order valence-corrected chi connectivity index (χ0v) is 20.7. The molecule has 8 atom stereocenters. The van der Waals surface area contributed by atoms with E-state index in [2.05, 4.69) is 0 Å². The average molecular weight is 520 g/mol. The number of esters is 5. The van der Waals surface area contributed by atoms with Crippen LogP contribution in [0.25, 0.3) is 0 Å². The first-order chi connectivity index (χ1) is 16.8. The van der Waals surface area contributed by atoms with Crippen LogP contribution in [0, 0.1) is 0 Å². The summed E-state index contributed by atoms with van der Waals surface area (Å²) in [5.74, 6) is -3.48. The van der Waals surface area contributed by atoms with Crippen LogP contribution in [0.4, 0.5) is 0 Å². The third-order valence-corrected chi connectivity index (χ3v) is 5.09. The molecule has 204 valence electrons. The minimum Gasteiger partial charge on any atom is -0.463 e. The van der Waals surface area contributed by atoms with Gasteiger partial charge in [0.1, 0.15) is 19.3 Å². The van der Waals surface area contributed by atoms with E-state index in [0.29, 0.717) is 0 Å². The van der Waals surface area contributed by atoms with Crippen molar-refractivity contribution in [1.82, 2.24) is 0 Å². The molecule has 0 aromatic carbocycles. The summed E-state index contributed by atoms with van der Waals surface area (Å²) < 4.78 is 43.2. The normalized spacial score (nSPS) is 32.1. The van der Waals surface area contributed by atoms with E-state index in [1.807, 2.05) is 0 Å². The Hall–Kier alpha value is -2.81. The topological polar surface area (TPSA) is 179 Å². The second-order valence-corrected chi connectivity index (χ2v) is 8.31. The van der Waals surface area contributed by atoms with Gasteiger partial charge in [0.25, 0.3) is 0 Å². The van der Waals surface area contributed by atoms with Crippen molar-refractivity contribution in [3.05, 3.63) is 0 Å².